The van der Waals surface area contributed by atoms with Gasteiger partial charge >= 0.3 is 6.03 Å². The summed E-state index contributed by atoms with van der Waals surface area (Å²) in [7, 11) is 3.26. The predicted octanol–water partition coefficient (Wildman–Crippen LogP) is 4.03. The normalized spacial score (nSPS) is 23.8. The van der Waals surface area contributed by atoms with Crippen molar-refractivity contribution in [3.63, 3.8) is 0 Å². The van der Waals surface area contributed by atoms with Crippen molar-refractivity contribution >= 4 is 17.6 Å². The third-order valence-corrected chi connectivity index (χ3v) is 7.13. The summed E-state index contributed by atoms with van der Waals surface area (Å²) in [5.41, 5.74) is 1.68. The number of hydrogen-bond donors (Lipinski definition) is 1. The zero-order valence-corrected chi connectivity index (χ0v) is 21.1. The summed E-state index contributed by atoms with van der Waals surface area (Å²) in [4.78, 5) is 28.0. The summed E-state index contributed by atoms with van der Waals surface area (Å²) >= 11 is 0. The number of nitrogens with one attached hydrogen (secondary N) is 1. The lowest BCUT2D eigenvalue weighted by atomic mass is 9.73. The Morgan fingerprint density at radius 1 is 1.00 bits per heavy atom. The molecule has 2 unspecified atom stereocenters. The lowest BCUT2D eigenvalue weighted by molar-refractivity contribution is -0.142. The number of rotatable bonds is 4. The lowest BCUT2D eigenvalue weighted by Gasteiger charge is -2.43. The Morgan fingerprint density at radius 3 is 2.26 bits per heavy atom. The molecule has 2 fully saturated rings. The van der Waals surface area contributed by atoms with Gasteiger partial charge in [-0.25, -0.2) is 9.80 Å². The first kappa shape index (κ1) is 24.4. The SMILES string of the molecule is COc1ccc(C2=NN(C3CCN(C(=O)NC(C)(C)C)CC3)C(=O)C3CCCCC23)cc1OC. The van der Waals surface area contributed by atoms with Gasteiger partial charge in [0, 0.05) is 36.0 Å². The van der Waals surface area contributed by atoms with E-state index in [1.165, 1.54) is 0 Å². The van der Waals surface area contributed by atoms with Gasteiger partial charge in [0.25, 0.3) is 0 Å². The van der Waals surface area contributed by atoms with Crippen LogP contribution in [0.25, 0.3) is 0 Å². The molecule has 0 radical (unpaired) electrons. The molecule has 2 heterocycles. The van der Waals surface area contributed by atoms with Gasteiger partial charge in [-0.3, -0.25) is 4.79 Å². The molecule has 1 saturated carbocycles. The second kappa shape index (κ2) is 9.84. The molecule has 8 heteroatoms. The van der Waals surface area contributed by atoms with E-state index in [9.17, 15) is 9.59 Å². The average Bonchev–Trinajstić information content (AvgIpc) is 2.83. The van der Waals surface area contributed by atoms with Crippen LogP contribution in [0.5, 0.6) is 11.5 Å². The number of carbonyl (C=O) groups excluding carboxylic acids is 2. The molecule has 3 aliphatic rings. The highest BCUT2D eigenvalue weighted by Gasteiger charge is 2.44. The van der Waals surface area contributed by atoms with E-state index in [1.54, 1.807) is 19.2 Å². The Bertz CT molecular complexity index is 947. The van der Waals surface area contributed by atoms with Crippen molar-refractivity contribution in [3.8, 4) is 11.5 Å². The quantitative estimate of drug-likeness (QED) is 0.720. The van der Waals surface area contributed by atoms with E-state index in [1.807, 2.05) is 43.9 Å². The van der Waals surface area contributed by atoms with Gasteiger partial charge in [-0.15, -0.1) is 0 Å². The van der Waals surface area contributed by atoms with Crippen LogP contribution in [0, 0.1) is 11.8 Å². The van der Waals surface area contributed by atoms with E-state index in [0.717, 1.165) is 49.8 Å². The summed E-state index contributed by atoms with van der Waals surface area (Å²) in [6.45, 7) is 7.18. The third-order valence-electron chi connectivity index (χ3n) is 7.13. The number of piperidine rings is 1. The summed E-state index contributed by atoms with van der Waals surface area (Å²) < 4.78 is 10.9. The molecule has 1 aromatic rings. The maximum atomic E-state index is 13.5. The second-order valence-corrected chi connectivity index (χ2v) is 10.6. The molecule has 0 aromatic heterocycles. The Kier molecular flexibility index (Phi) is 7.05. The van der Waals surface area contributed by atoms with Gasteiger partial charge in [-0.05, 0) is 64.7 Å². The van der Waals surface area contributed by atoms with E-state index in [2.05, 4.69) is 5.32 Å². The minimum Gasteiger partial charge on any atom is -0.493 e. The van der Waals surface area contributed by atoms with Crippen LogP contribution in [-0.2, 0) is 4.79 Å². The monoisotopic (exact) mass is 470 g/mol. The maximum absolute atomic E-state index is 13.5. The molecule has 0 spiro atoms. The Labute approximate surface area is 202 Å². The molecule has 0 bridgehead atoms. The number of methoxy groups -OCH3 is 2. The van der Waals surface area contributed by atoms with Crippen LogP contribution in [0.4, 0.5) is 4.79 Å². The van der Waals surface area contributed by atoms with Gasteiger partial charge in [0.05, 0.1) is 26.0 Å². The predicted molar refractivity (Wildman–Crippen MR) is 131 cm³/mol. The number of amides is 3. The number of benzene rings is 1. The number of hydrogen-bond acceptors (Lipinski definition) is 5. The zero-order valence-electron chi connectivity index (χ0n) is 21.1. The first-order valence-electron chi connectivity index (χ1n) is 12.4. The van der Waals surface area contributed by atoms with Crippen LogP contribution in [-0.4, -0.2) is 66.4 Å². The fraction of sp³-hybridized carbons (Fsp3) is 0.654. The first-order valence-corrected chi connectivity index (χ1v) is 12.4. The molecule has 1 aromatic carbocycles. The summed E-state index contributed by atoms with van der Waals surface area (Å²) in [5.74, 6) is 1.59. The maximum Gasteiger partial charge on any atom is 0.317 e. The van der Waals surface area contributed by atoms with Crippen molar-refractivity contribution in [3.05, 3.63) is 23.8 Å². The molecule has 8 nitrogen and oxygen atoms in total. The number of carbonyl (C=O) groups is 2. The molecule has 4 rings (SSSR count). The van der Waals surface area contributed by atoms with Gasteiger partial charge in [0.1, 0.15) is 0 Å². The standard InChI is InChI=1S/C26H38N4O4/c1-26(2,3)27-25(32)29-14-12-18(13-15-29)30-24(31)20-9-7-6-8-19(20)23(28-30)17-10-11-21(33-4)22(16-17)34-5/h10-11,16,18-20H,6-9,12-15H2,1-5H3,(H,27,32). The Hall–Kier alpha value is -2.77. The zero-order chi connectivity index (χ0) is 24.5. The van der Waals surface area contributed by atoms with Gasteiger partial charge in [-0.1, -0.05) is 12.8 Å². The van der Waals surface area contributed by atoms with E-state index in [4.69, 9.17) is 14.6 Å². The number of ether oxygens (including phenoxy) is 2. The Balaban J connectivity index is 1.58. The topological polar surface area (TPSA) is 83.5 Å². The van der Waals surface area contributed by atoms with Crippen LogP contribution in [0.3, 0.4) is 0 Å². The summed E-state index contributed by atoms with van der Waals surface area (Å²) in [6.07, 6.45) is 5.52. The molecule has 1 N–H and O–H groups in total. The number of nitrogens with zero attached hydrogens (tertiary/aromatic N) is 3. The van der Waals surface area contributed by atoms with Crippen LogP contribution in [0.2, 0.25) is 0 Å². The van der Waals surface area contributed by atoms with Gasteiger partial charge in [-0.2, -0.15) is 5.10 Å². The van der Waals surface area contributed by atoms with E-state index in [-0.39, 0.29) is 35.4 Å². The molecular weight excluding hydrogens is 432 g/mol. The first-order chi connectivity index (χ1) is 16.2. The van der Waals surface area contributed by atoms with Gasteiger partial charge in [0.2, 0.25) is 5.91 Å². The highest BCUT2D eigenvalue weighted by atomic mass is 16.5. The van der Waals surface area contributed by atoms with Crippen molar-refractivity contribution < 1.29 is 19.1 Å². The third kappa shape index (κ3) is 5.00. The van der Waals surface area contributed by atoms with Crippen molar-refractivity contribution in [1.29, 1.82) is 0 Å². The van der Waals surface area contributed by atoms with Crippen molar-refractivity contribution in [2.45, 2.75) is 70.9 Å². The minimum atomic E-state index is -0.272. The fourth-order valence-corrected chi connectivity index (χ4v) is 5.41. The Morgan fingerprint density at radius 2 is 1.65 bits per heavy atom. The number of urea groups is 1. The van der Waals surface area contributed by atoms with Crippen LogP contribution in [0.1, 0.15) is 64.9 Å². The molecule has 186 valence electrons. The lowest BCUT2D eigenvalue weighted by Crippen LogP contribution is -2.55. The van der Waals surface area contributed by atoms with Crippen LogP contribution < -0.4 is 14.8 Å². The van der Waals surface area contributed by atoms with E-state index < -0.39 is 0 Å². The van der Waals surface area contributed by atoms with Crippen molar-refractivity contribution in [2.24, 2.45) is 16.9 Å². The molecule has 2 aliphatic heterocycles. The van der Waals surface area contributed by atoms with Gasteiger partial charge in [0.15, 0.2) is 11.5 Å². The highest BCUT2D eigenvalue weighted by Crippen LogP contribution is 2.40. The fourth-order valence-electron chi connectivity index (χ4n) is 5.41. The smallest absolute Gasteiger partial charge is 0.317 e. The van der Waals surface area contributed by atoms with Crippen LogP contribution in [0.15, 0.2) is 23.3 Å². The van der Waals surface area contributed by atoms with Crippen LogP contribution >= 0.6 is 0 Å². The molecular formula is C26H38N4O4. The number of likely N-dealkylation sites (tertiary alicyclic amines) is 1. The number of fused-ring (bicyclic) bond motifs is 1. The number of hydrazone groups is 1. The molecule has 3 amide bonds. The highest BCUT2D eigenvalue weighted by molar-refractivity contribution is 6.07. The molecule has 34 heavy (non-hydrogen) atoms. The second-order valence-electron chi connectivity index (χ2n) is 10.6. The summed E-state index contributed by atoms with van der Waals surface area (Å²) in [5, 5.41) is 9.77. The minimum absolute atomic E-state index is 0.00390. The molecule has 2 atom stereocenters. The molecule has 1 aliphatic carbocycles. The van der Waals surface area contributed by atoms with Crippen molar-refractivity contribution in [2.75, 3.05) is 27.3 Å². The molecule has 1 saturated heterocycles. The van der Waals surface area contributed by atoms with E-state index in [0.29, 0.717) is 24.6 Å². The van der Waals surface area contributed by atoms with Crippen molar-refractivity contribution in [1.82, 2.24) is 15.2 Å². The van der Waals surface area contributed by atoms with E-state index >= 15 is 0 Å². The average molecular weight is 471 g/mol. The summed E-state index contributed by atoms with van der Waals surface area (Å²) in [6, 6.07) is 5.85. The largest absolute Gasteiger partial charge is 0.493 e. The van der Waals surface area contributed by atoms with Gasteiger partial charge < -0.3 is 19.7 Å².